The van der Waals surface area contributed by atoms with Crippen LogP contribution in [0.5, 0.6) is 5.75 Å². The summed E-state index contributed by atoms with van der Waals surface area (Å²) < 4.78 is 7.27. The largest absolute Gasteiger partial charge is 0.497 e. The van der Waals surface area contributed by atoms with Gasteiger partial charge in [-0.15, -0.1) is 10.2 Å². The van der Waals surface area contributed by atoms with Crippen molar-refractivity contribution in [2.24, 2.45) is 0 Å². The number of amides is 1. The van der Waals surface area contributed by atoms with E-state index >= 15 is 0 Å². The fourth-order valence-electron chi connectivity index (χ4n) is 3.19. The van der Waals surface area contributed by atoms with Crippen LogP contribution < -0.4 is 10.1 Å². The van der Waals surface area contributed by atoms with Crippen molar-refractivity contribution in [1.82, 2.24) is 19.7 Å². The van der Waals surface area contributed by atoms with Crippen molar-refractivity contribution < 1.29 is 9.53 Å². The Kier molecular flexibility index (Phi) is 6.51. The number of hydrogen-bond donors (Lipinski definition) is 1. The molecule has 32 heavy (non-hydrogen) atoms. The average Bonchev–Trinajstić information content (AvgIpc) is 3.25. The summed E-state index contributed by atoms with van der Waals surface area (Å²) in [6.07, 6.45) is 1.71. The number of thioether (sulfide) groups is 1. The van der Waals surface area contributed by atoms with E-state index in [0.29, 0.717) is 22.4 Å². The van der Waals surface area contributed by atoms with Gasteiger partial charge in [0.1, 0.15) is 11.4 Å². The molecule has 0 bridgehead atoms. The number of nitrogens with one attached hydrogen (secondary N) is 1. The highest BCUT2D eigenvalue weighted by Crippen LogP contribution is 2.29. The summed E-state index contributed by atoms with van der Waals surface area (Å²) in [7, 11) is 1.62. The number of methoxy groups -OCH3 is 1. The Bertz CT molecular complexity index is 1240. The summed E-state index contributed by atoms with van der Waals surface area (Å²) in [5.41, 5.74) is 4.45. The standard InChI is InChI=1S/C24H23N5O2S/c1-16-10-11-17(2)21(13-16)26-22(30)15-32-24-28-27-23(20-9-4-5-12-25-20)29(24)18-7-6-8-19(14-18)31-3/h4-14H,15H2,1-3H3,(H,26,30). The number of hydrogen-bond acceptors (Lipinski definition) is 6. The molecule has 0 saturated carbocycles. The van der Waals surface area contributed by atoms with Crippen molar-refractivity contribution in [2.75, 3.05) is 18.2 Å². The first-order valence-corrected chi connectivity index (χ1v) is 11.0. The van der Waals surface area contributed by atoms with Gasteiger partial charge in [-0.3, -0.25) is 14.3 Å². The third-order valence-corrected chi connectivity index (χ3v) is 5.77. The fourth-order valence-corrected chi connectivity index (χ4v) is 3.95. The Morgan fingerprint density at radius 3 is 2.72 bits per heavy atom. The number of nitrogens with zero attached hydrogens (tertiary/aromatic N) is 4. The molecule has 7 nitrogen and oxygen atoms in total. The van der Waals surface area contributed by atoms with Crippen LogP contribution in [0.15, 0.2) is 72.0 Å². The molecule has 0 saturated heterocycles. The molecular weight excluding hydrogens is 422 g/mol. The lowest BCUT2D eigenvalue weighted by molar-refractivity contribution is -0.113. The maximum atomic E-state index is 12.7. The summed E-state index contributed by atoms with van der Waals surface area (Å²) in [5.74, 6) is 1.39. The Morgan fingerprint density at radius 1 is 1.06 bits per heavy atom. The van der Waals surface area contributed by atoms with E-state index in [1.165, 1.54) is 11.8 Å². The van der Waals surface area contributed by atoms with Crippen molar-refractivity contribution in [3.63, 3.8) is 0 Å². The number of rotatable bonds is 7. The maximum absolute atomic E-state index is 12.7. The number of pyridine rings is 1. The van der Waals surface area contributed by atoms with E-state index in [2.05, 4.69) is 20.5 Å². The quantitative estimate of drug-likeness (QED) is 0.416. The number of ether oxygens (including phenoxy) is 1. The van der Waals surface area contributed by atoms with Crippen LogP contribution in [0.4, 0.5) is 5.69 Å². The molecule has 1 N–H and O–H groups in total. The number of anilines is 1. The van der Waals surface area contributed by atoms with Gasteiger partial charge in [0, 0.05) is 18.0 Å². The SMILES string of the molecule is COc1cccc(-n2c(SCC(=O)Nc3cc(C)ccc3C)nnc2-c2ccccn2)c1. The minimum atomic E-state index is -0.108. The highest BCUT2D eigenvalue weighted by atomic mass is 32.2. The third-order valence-electron chi connectivity index (χ3n) is 4.84. The van der Waals surface area contributed by atoms with Crippen LogP contribution in [0.25, 0.3) is 17.2 Å². The Labute approximate surface area is 190 Å². The van der Waals surface area contributed by atoms with Gasteiger partial charge < -0.3 is 10.1 Å². The molecule has 0 atom stereocenters. The Morgan fingerprint density at radius 2 is 1.94 bits per heavy atom. The molecule has 0 aliphatic rings. The van der Waals surface area contributed by atoms with Gasteiger partial charge in [0.25, 0.3) is 0 Å². The summed E-state index contributed by atoms with van der Waals surface area (Å²) in [6, 6.07) is 19.2. The highest BCUT2D eigenvalue weighted by Gasteiger charge is 2.18. The first-order chi connectivity index (χ1) is 15.5. The number of carbonyl (C=O) groups is 1. The molecule has 4 rings (SSSR count). The molecule has 0 unspecified atom stereocenters. The first-order valence-electron chi connectivity index (χ1n) is 10.1. The number of carbonyl (C=O) groups excluding carboxylic acids is 1. The van der Waals surface area contributed by atoms with Gasteiger partial charge in [-0.05, 0) is 55.3 Å². The zero-order valence-electron chi connectivity index (χ0n) is 18.1. The van der Waals surface area contributed by atoms with Crippen LogP contribution >= 0.6 is 11.8 Å². The molecule has 0 fully saturated rings. The van der Waals surface area contributed by atoms with Crippen LogP contribution in [0.1, 0.15) is 11.1 Å². The summed E-state index contributed by atoms with van der Waals surface area (Å²) in [4.78, 5) is 17.1. The molecule has 162 valence electrons. The molecule has 0 aliphatic carbocycles. The lowest BCUT2D eigenvalue weighted by Crippen LogP contribution is -2.15. The third kappa shape index (κ3) is 4.81. The maximum Gasteiger partial charge on any atom is 0.234 e. The second-order valence-corrected chi connectivity index (χ2v) is 8.16. The second kappa shape index (κ2) is 9.65. The van der Waals surface area contributed by atoms with Crippen molar-refractivity contribution in [3.8, 4) is 23.0 Å². The van der Waals surface area contributed by atoms with E-state index in [4.69, 9.17) is 4.74 Å². The van der Waals surface area contributed by atoms with E-state index in [1.54, 1.807) is 13.3 Å². The molecule has 8 heteroatoms. The van der Waals surface area contributed by atoms with Crippen LogP contribution in [0.2, 0.25) is 0 Å². The van der Waals surface area contributed by atoms with Crippen molar-refractivity contribution in [3.05, 3.63) is 78.0 Å². The zero-order chi connectivity index (χ0) is 22.5. The monoisotopic (exact) mass is 445 g/mol. The van der Waals surface area contributed by atoms with Gasteiger partial charge in [0.15, 0.2) is 11.0 Å². The number of benzene rings is 2. The van der Waals surface area contributed by atoms with E-state index in [0.717, 1.165) is 22.5 Å². The molecule has 4 aromatic rings. The van der Waals surface area contributed by atoms with Gasteiger partial charge in [-0.2, -0.15) is 0 Å². The molecule has 0 spiro atoms. The predicted molar refractivity (Wildman–Crippen MR) is 126 cm³/mol. The molecular formula is C24H23N5O2S. The Balaban J connectivity index is 1.61. The Hall–Kier alpha value is -3.65. The van der Waals surface area contributed by atoms with Crippen molar-refractivity contribution >= 4 is 23.4 Å². The smallest absolute Gasteiger partial charge is 0.234 e. The molecule has 0 radical (unpaired) electrons. The van der Waals surface area contributed by atoms with Crippen molar-refractivity contribution in [1.29, 1.82) is 0 Å². The van der Waals surface area contributed by atoms with Gasteiger partial charge in [0.2, 0.25) is 5.91 Å². The molecule has 2 aromatic carbocycles. The van der Waals surface area contributed by atoms with Gasteiger partial charge in [-0.25, -0.2) is 0 Å². The molecule has 2 heterocycles. The van der Waals surface area contributed by atoms with Gasteiger partial charge in [0.05, 0.1) is 18.6 Å². The van der Waals surface area contributed by atoms with Crippen LogP contribution in [-0.2, 0) is 4.79 Å². The van der Waals surface area contributed by atoms with Gasteiger partial charge >= 0.3 is 0 Å². The number of aromatic nitrogens is 4. The molecule has 2 aromatic heterocycles. The molecule has 0 aliphatic heterocycles. The van der Waals surface area contributed by atoms with E-state index in [-0.39, 0.29) is 11.7 Å². The van der Waals surface area contributed by atoms with Gasteiger partial charge in [-0.1, -0.05) is 36.0 Å². The van der Waals surface area contributed by atoms with E-state index in [9.17, 15) is 4.79 Å². The predicted octanol–water partition coefficient (Wildman–Crippen LogP) is 4.69. The second-order valence-electron chi connectivity index (χ2n) is 7.21. The van der Waals surface area contributed by atoms with E-state index in [1.807, 2.05) is 79.1 Å². The fraction of sp³-hybridized carbons (Fsp3) is 0.167. The van der Waals surface area contributed by atoms with Crippen LogP contribution in [0, 0.1) is 13.8 Å². The minimum Gasteiger partial charge on any atom is -0.497 e. The molecule has 1 amide bonds. The lowest BCUT2D eigenvalue weighted by Gasteiger charge is -2.12. The first kappa shape index (κ1) is 21.6. The average molecular weight is 446 g/mol. The topological polar surface area (TPSA) is 81.9 Å². The normalized spacial score (nSPS) is 10.7. The minimum absolute atomic E-state index is 0.108. The highest BCUT2D eigenvalue weighted by molar-refractivity contribution is 7.99. The van der Waals surface area contributed by atoms with Crippen LogP contribution in [-0.4, -0.2) is 38.5 Å². The summed E-state index contributed by atoms with van der Waals surface area (Å²) in [6.45, 7) is 3.97. The van der Waals surface area contributed by atoms with Crippen molar-refractivity contribution in [2.45, 2.75) is 19.0 Å². The zero-order valence-corrected chi connectivity index (χ0v) is 18.9. The summed E-state index contributed by atoms with van der Waals surface area (Å²) in [5, 5.41) is 12.3. The number of aryl methyl sites for hydroxylation is 2. The van der Waals surface area contributed by atoms with E-state index < -0.39 is 0 Å². The lowest BCUT2D eigenvalue weighted by atomic mass is 10.1. The van der Waals surface area contributed by atoms with Crippen LogP contribution in [0.3, 0.4) is 0 Å². The summed E-state index contributed by atoms with van der Waals surface area (Å²) >= 11 is 1.32.